The molecule has 5 nitrogen and oxygen atoms in total. The first-order valence-corrected chi connectivity index (χ1v) is 9.61. The monoisotopic (exact) mass is 392 g/mol. The molecule has 4 rings (SSSR count). The molecule has 0 radical (unpaired) electrons. The van der Waals surface area contributed by atoms with Crippen LogP contribution < -0.4 is 10.5 Å². The van der Waals surface area contributed by atoms with E-state index in [9.17, 15) is 9.90 Å². The molecule has 2 aromatic heterocycles. The lowest BCUT2D eigenvalue weighted by Gasteiger charge is -2.05. The summed E-state index contributed by atoms with van der Waals surface area (Å²) in [7, 11) is 0. The van der Waals surface area contributed by atoms with Crippen LogP contribution in [-0.2, 0) is 0 Å². The van der Waals surface area contributed by atoms with Crippen molar-refractivity contribution in [3.05, 3.63) is 77.7 Å². The van der Waals surface area contributed by atoms with Gasteiger partial charge in [0, 0.05) is 11.1 Å². The quantitative estimate of drug-likeness (QED) is 0.459. The van der Waals surface area contributed by atoms with Crippen LogP contribution in [0.4, 0.5) is 5.69 Å². The predicted octanol–water partition coefficient (Wildman–Crippen LogP) is 5.33. The van der Waals surface area contributed by atoms with Gasteiger partial charge in [0.25, 0.3) is 0 Å². The van der Waals surface area contributed by atoms with E-state index in [1.807, 2.05) is 66.9 Å². The first kappa shape index (κ1) is 19.4. The number of hydrogen-bond acceptors (Lipinski definition) is 5. The van der Waals surface area contributed by atoms with Gasteiger partial charge in [-0.3, -0.25) is 0 Å². The highest BCUT2D eigenvalue weighted by molar-refractivity contribution is 7.13. The number of fused-ring (bicyclic) bond motifs is 1. The van der Waals surface area contributed by atoms with Crippen LogP contribution in [0.15, 0.2) is 72.1 Å². The van der Waals surface area contributed by atoms with E-state index in [-0.39, 0.29) is 0 Å². The van der Waals surface area contributed by atoms with Gasteiger partial charge in [0.1, 0.15) is 5.75 Å². The van der Waals surface area contributed by atoms with E-state index in [0.717, 1.165) is 16.3 Å². The number of benzene rings is 2. The Morgan fingerprint density at radius 2 is 1.86 bits per heavy atom. The van der Waals surface area contributed by atoms with E-state index in [4.69, 9.17) is 10.5 Å². The smallest absolute Gasteiger partial charge is 0.336 e. The summed E-state index contributed by atoms with van der Waals surface area (Å²) >= 11 is 1.55. The van der Waals surface area contributed by atoms with Crippen LogP contribution >= 0.6 is 11.3 Å². The number of nitrogen functional groups attached to an aromatic ring is 1. The predicted molar refractivity (Wildman–Crippen MR) is 114 cm³/mol. The third-order valence-electron chi connectivity index (χ3n) is 3.91. The molecule has 142 valence electrons. The van der Waals surface area contributed by atoms with Crippen molar-refractivity contribution in [2.24, 2.45) is 0 Å². The molecular formula is C22H20N2O3S. The van der Waals surface area contributed by atoms with Crippen molar-refractivity contribution in [1.29, 1.82) is 0 Å². The molecule has 3 N–H and O–H groups in total. The van der Waals surface area contributed by atoms with Crippen LogP contribution in [-0.4, -0.2) is 22.7 Å². The Bertz CT molecular complexity index is 1060. The second-order valence-corrected chi connectivity index (χ2v) is 6.80. The zero-order chi connectivity index (χ0) is 19.9. The van der Waals surface area contributed by atoms with E-state index < -0.39 is 5.97 Å². The number of nitrogens with two attached hydrogens (primary N) is 1. The van der Waals surface area contributed by atoms with Gasteiger partial charge in [-0.1, -0.05) is 24.3 Å². The standard InChI is InChI=1S/C14H9NO2S.C8H11NO/c16-14(17)10-8-12(13-6-3-7-18-13)15-11-5-2-1-4-9(10)11;1-2-10-8-5-3-7(9)4-6-8/h1-8H,(H,16,17);3-6H,2,9H2,1H3. The number of aromatic carboxylic acids is 1. The minimum absolute atomic E-state index is 0.295. The van der Waals surface area contributed by atoms with Crippen molar-refractivity contribution in [3.63, 3.8) is 0 Å². The molecule has 6 heteroatoms. The molecule has 0 amide bonds. The van der Waals surface area contributed by atoms with Gasteiger partial charge in [0.05, 0.1) is 28.3 Å². The van der Waals surface area contributed by atoms with Crippen LogP contribution in [0.1, 0.15) is 17.3 Å². The molecule has 28 heavy (non-hydrogen) atoms. The molecule has 0 spiro atoms. The number of carboxylic acids is 1. The SMILES string of the molecule is CCOc1ccc(N)cc1.O=C(O)c1cc(-c2cccs2)nc2ccccc12. The second kappa shape index (κ2) is 9.01. The van der Waals surface area contributed by atoms with Gasteiger partial charge in [-0.15, -0.1) is 11.3 Å². The average molecular weight is 392 g/mol. The molecular weight excluding hydrogens is 372 g/mol. The number of para-hydroxylation sites is 1. The Balaban J connectivity index is 0.000000192. The Kier molecular flexibility index (Phi) is 6.24. The number of pyridine rings is 1. The third kappa shape index (κ3) is 4.66. The lowest BCUT2D eigenvalue weighted by Crippen LogP contribution is -1.99. The summed E-state index contributed by atoms with van der Waals surface area (Å²) in [5, 5.41) is 11.9. The number of thiophene rings is 1. The highest BCUT2D eigenvalue weighted by atomic mass is 32.1. The highest BCUT2D eigenvalue weighted by Crippen LogP contribution is 2.27. The van der Waals surface area contributed by atoms with Crippen LogP contribution in [0.5, 0.6) is 5.75 Å². The van der Waals surface area contributed by atoms with Crippen LogP contribution in [0, 0.1) is 0 Å². The van der Waals surface area contributed by atoms with Crippen LogP contribution in [0.2, 0.25) is 0 Å². The molecule has 0 aliphatic carbocycles. The fourth-order valence-electron chi connectivity index (χ4n) is 2.63. The molecule has 0 aliphatic rings. The number of ether oxygens (including phenoxy) is 1. The molecule has 0 saturated heterocycles. The Labute approximate surface area is 167 Å². The van der Waals surface area contributed by atoms with Crippen LogP contribution in [0.25, 0.3) is 21.5 Å². The largest absolute Gasteiger partial charge is 0.494 e. The summed E-state index contributed by atoms with van der Waals surface area (Å²) in [6, 6.07) is 20.2. The molecule has 2 aromatic carbocycles. The van der Waals surface area contributed by atoms with E-state index in [1.165, 1.54) is 0 Å². The van der Waals surface area contributed by atoms with Gasteiger partial charge < -0.3 is 15.6 Å². The zero-order valence-electron chi connectivity index (χ0n) is 15.3. The number of hydrogen-bond donors (Lipinski definition) is 2. The van der Waals surface area contributed by atoms with Crippen molar-refractivity contribution < 1.29 is 14.6 Å². The minimum Gasteiger partial charge on any atom is -0.494 e. The minimum atomic E-state index is -0.925. The fourth-order valence-corrected chi connectivity index (χ4v) is 3.32. The van der Waals surface area contributed by atoms with Crippen molar-refractivity contribution >= 4 is 33.9 Å². The van der Waals surface area contributed by atoms with Crippen LogP contribution in [0.3, 0.4) is 0 Å². The molecule has 0 saturated carbocycles. The Morgan fingerprint density at radius 1 is 1.11 bits per heavy atom. The highest BCUT2D eigenvalue weighted by Gasteiger charge is 2.12. The topological polar surface area (TPSA) is 85.4 Å². The molecule has 0 bridgehead atoms. The number of aromatic nitrogens is 1. The number of anilines is 1. The number of nitrogens with zero attached hydrogens (tertiary/aromatic N) is 1. The van der Waals surface area contributed by atoms with Crippen molar-refractivity contribution in [1.82, 2.24) is 4.98 Å². The molecule has 0 atom stereocenters. The average Bonchev–Trinajstić information content (AvgIpc) is 3.24. The zero-order valence-corrected chi connectivity index (χ0v) is 16.1. The van der Waals surface area contributed by atoms with E-state index in [1.54, 1.807) is 23.5 Å². The summed E-state index contributed by atoms with van der Waals surface area (Å²) < 4.78 is 5.21. The molecule has 0 fully saturated rings. The third-order valence-corrected chi connectivity index (χ3v) is 4.80. The number of rotatable bonds is 4. The molecule has 2 heterocycles. The van der Waals surface area contributed by atoms with Crippen molar-refractivity contribution in [2.75, 3.05) is 12.3 Å². The molecule has 0 unspecified atom stereocenters. The van der Waals surface area contributed by atoms with E-state index >= 15 is 0 Å². The summed E-state index contributed by atoms with van der Waals surface area (Å²) in [5.41, 5.74) is 7.95. The maximum atomic E-state index is 11.3. The Hall–Kier alpha value is -3.38. The van der Waals surface area contributed by atoms with Gasteiger partial charge in [-0.2, -0.15) is 0 Å². The summed E-state index contributed by atoms with van der Waals surface area (Å²) in [5.74, 6) is -0.0527. The Morgan fingerprint density at radius 3 is 2.50 bits per heavy atom. The summed E-state index contributed by atoms with van der Waals surface area (Å²) in [6.07, 6.45) is 0. The lowest BCUT2D eigenvalue weighted by atomic mass is 10.1. The first-order chi connectivity index (χ1) is 13.6. The maximum absolute atomic E-state index is 11.3. The van der Waals surface area contributed by atoms with E-state index in [2.05, 4.69) is 4.98 Å². The number of carboxylic acid groups (broad SMARTS) is 1. The summed E-state index contributed by atoms with van der Waals surface area (Å²) in [6.45, 7) is 2.65. The molecule has 0 aliphatic heterocycles. The fraction of sp³-hybridized carbons (Fsp3) is 0.0909. The van der Waals surface area contributed by atoms with E-state index in [0.29, 0.717) is 28.8 Å². The van der Waals surface area contributed by atoms with Gasteiger partial charge in [-0.05, 0) is 54.8 Å². The first-order valence-electron chi connectivity index (χ1n) is 8.73. The lowest BCUT2D eigenvalue weighted by molar-refractivity contribution is 0.0699. The van der Waals surface area contributed by atoms with Crippen molar-refractivity contribution in [3.8, 4) is 16.3 Å². The maximum Gasteiger partial charge on any atom is 0.336 e. The van der Waals surface area contributed by atoms with Gasteiger partial charge >= 0.3 is 5.97 Å². The summed E-state index contributed by atoms with van der Waals surface area (Å²) in [4.78, 5) is 16.8. The second-order valence-electron chi connectivity index (χ2n) is 5.86. The van der Waals surface area contributed by atoms with Gasteiger partial charge in [0.2, 0.25) is 0 Å². The molecule has 4 aromatic rings. The van der Waals surface area contributed by atoms with Gasteiger partial charge in [0.15, 0.2) is 0 Å². The normalized spacial score (nSPS) is 10.2. The van der Waals surface area contributed by atoms with Crippen molar-refractivity contribution in [2.45, 2.75) is 6.92 Å². The number of carbonyl (C=O) groups is 1. The van der Waals surface area contributed by atoms with Gasteiger partial charge in [-0.25, -0.2) is 9.78 Å².